The third kappa shape index (κ3) is 1.37. The van der Waals surface area contributed by atoms with E-state index in [1.54, 1.807) is 6.92 Å². The Labute approximate surface area is 76.9 Å². The number of fused-ring (bicyclic) bond motifs is 1. The van der Waals surface area contributed by atoms with Gasteiger partial charge in [-0.1, -0.05) is 6.07 Å². The van der Waals surface area contributed by atoms with Crippen LogP contribution < -0.4 is 11.1 Å². The van der Waals surface area contributed by atoms with E-state index in [0.29, 0.717) is 0 Å². The summed E-state index contributed by atoms with van der Waals surface area (Å²) < 4.78 is 0. The number of nitrogen functional groups attached to an aromatic ring is 1. The standard InChI is InChI=1S/C10H12N2O/c1-6(13)9-4-7-2-3-8(11)5-10(7)12-9/h2-3,5,9,12H,4,11H2,1H3. The van der Waals surface area contributed by atoms with Crippen LogP contribution in [0.3, 0.4) is 0 Å². The van der Waals surface area contributed by atoms with Gasteiger partial charge in [0.25, 0.3) is 0 Å². The number of carbonyl (C=O) groups excluding carboxylic acids is 1. The quantitative estimate of drug-likeness (QED) is 0.632. The fourth-order valence-corrected chi connectivity index (χ4v) is 1.61. The highest BCUT2D eigenvalue weighted by Crippen LogP contribution is 2.27. The van der Waals surface area contributed by atoms with Crippen LogP contribution in [0.5, 0.6) is 0 Å². The Kier molecular flexibility index (Phi) is 1.72. The van der Waals surface area contributed by atoms with Gasteiger partial charge in [-0.15, -0.1) is 0 Å². The fourth-order valence-electron chi connectivity index (χ4n) is 1.61. The Hall–Kier alpha value is -1.51. The summed E-state index contributed by atoms with van der Waals surface area (Å²) in [6, 6.07) is 5.65. The molecule has 2 rings (SSSR count). The molecule has 1 heterocycles. The van der Waals surface area contributed by atoms with Gasteiger partial charge in [-0.05, 0) is 24.6 Å². The summed E-state index contributed by atoms with van der Waals surface area (Å²) in [4.78, 5) is 11.1. The van der Waals surface area contributed by atoms with E-state index in [1.807, 2.05) is 18.2 Å². The van der Waals surface area contributed by atoms with Gasteiger partial charge in [-0.3, -0.25) is 4.79 Å². The SMILES string of the molecule is CC(=O)C1Cc2ccc(N)cc2N1. The smallest absolute Gasteiger partial charge is 0.152 e. The first-order valence-corrected chi connectivity index (χ1v) is 4.32. The second-order valence-electron chi connectivity index (χ2n) is 3.43. The van der Waals surface area contributed by atoms with E-state index in [1.165, 1.54) is 5.56 Å². The summed E-state index contributed by atoms with van der Waals surface area (Å²) >= 11 is 0. The topological polar surface area (TPSA) is 55.1 Å². The molecule has 0 amide bonds. The van der Waals surface area contributed by atoms with Gasteiger partial charge < -0.3 is 11.1 Å². The molecule has 0 aliphatic carbocycles. The van der Waals surface area contributed by atoms with Crippen LogP contribution in [0.25, 0.3) is 0 Å². The molecule has 13 heavy (non-hydrogen) atoms. The number of nitrogens with two attached hydrogens (primary N) is 1. The second kappa shape index (κ2) is 2.76. The van der Waals surface area contributed by atoms with Crippen molar-refractivity contribution in [1.29, 1.82) is 0 Å². The van der Waals surface area contributed by atoms with Crippen LogP contribution >= 0.6 is 0 Å². The average molecular weight is 176 g/mol. The van der Waals surface area contributed by atoms with Crippen molar-refractivity contribution in [3.8, 4) is 0 Å². The minimum Gasteiger partial charge on any atom is -0.399 e. The van der Waals surface area contributed by atoms with Crippen LogP contribution in [-0.2, 0) is 11.2 Å². The number of ketones is 1. The lowest BCUT2D eigenvalue weighted by Crippen LogP contribution is -2.23. The summed E-state index contributed by atoms with van der Waals surface area (Å²) in [5.74, 6) is 0.176. The average Bonchev–Trinajstić information content (AvgIpc) is 2.46. The molecule has 0 radical (unpaired) electrons. The third-order valence-corrected chi connectivity index (χ3v) is 2.38. The number of hydrogen-bond acceptors (Lipinski definition) is 3. The Balaban J connectivity index is 2.30. The third-order valence-electron chi connectivity index (χ3n) is 2.38. The molecule has 1 aromatic rings. The molecule has 1 unspecified atom stereocenters. The molecular weight excluding hydrogens is 164 g/mol. The molecule has 0 fully saturated rings. The van der Waals surface area contributed by atoms with E-state index < -0.39 is 0 Å². The highest BCUT2D eigenvalue weighted by Gasteiger charge is 2.23. The molecule has 3 nitrogen and oxygen atoms in total. The molecule has 1 aliphatic rings. The van der Waals surface area contributed by atoms with Gasteiger partial charge in [-0.2, -0.15) is 0 Å². The number of benzene rings is 1. The van der Waals surface area contributed by atoms with Gasteiger partial charge in [0.15, 0.2) is 5.78 Å². The first kappa shape index (κ1) is 8.10. The molecule has 1 atom stereocenters. The van der Waals surface area contributed by atoms with Crippen LogP contribution in [-0.4, -0.2) is 11.8 Å². The normalized spacial score (nSPS) is 19.3. The van der Waals surface area contributed by atoms with Gasteiger partial charge >= 0.3 is 0 Å². The second-order valence-corrected chi connectivity index (χ2v) is 3.43. The van der Waals surface area contributed by atoms with Crippen LogP contribution in [0.2, 0.25) is 0 Å². The number of Topliss-reactive ketones (excluding diaryl/α,β-unsaturated/α-hetero) is 1. The van der Waals surface area contributed by atoms with E-state index in [4.69, 9.17) is 5.73 Å². The van der Waals surface area contributed by atoms with Crippen LogP contribution in [0.15, 0.2) is 18.2 Å². The zero-order valence-electron chi connectivity index (χ0n) is 7.50. The molecule has 68 valence electrons. The predicted molar refractivity (Wildman–Crippen MR) is 52.7 cm³/mol. The monoisotopic (exact) mass is 176 g/mol. The van der Waals surface area contributed by atoms with Crippen molar-refractivity contribution in [2.75, 3.05) is 11.1 Å². The van der Waals surface area contributed by atoms with Crippen molar-refractivity contribution in [2.45, 2.75) is 19.4 Å². The molecule has 0 saturated carbocycles. The summed E-state index contributed by atoms with van der Waals surface area (Å²) in [5, 5.41) is 3.15. The lowest BCUT2D eigenvalue weighted by Gasteiger charge is -2.05. The van der Waals surface area contributed by atoms with Crippen molar-refractivity contribution in [3.05, 3.63) is 23.8 Å². The van der Waals surface area contributed by atoms with Gasteiger partial charge in [-0.25, -0.2) is 0 Å². The minimum atomic E-state index is -0.0585. The number of anilines is 2. The van der Waals surface area contributed by atoms with E-state index in [0.717, 1.165) is 17.8 Å². The minimum absolute atomic E-state index is 0.0585. The number of rotatable bonds is 1. The predicted octanol–water partition coefficient (Wildman–Crippen LogP) is 1.19. The lowest BCUT2D eigenvalue weighted by molar-refractivity contribution is -0.117. The zero-order chi connectivity index (χ0) is 9.42. The molecule has 0 saturated heterocycles. The molecule has 1 aromatic carbocycles. The fraction of sp³-hybridized carbons (Fsp3) is 0.300. The Morgan fingerprint density at radius 2 is 2.38 bits per heavy atom. The van der Waals surface area contributed by atoms with E-state index in [-0.39, 0.29) is 11.8 Å². The number of nitrogens with one attached hydrogen (secondary N) is 1. The molecular formula is C10H12N2O. The van der Waals surface area contributed by atoms with Gasteiger partial charge in [0.05, 0.1) is 6.04 Å². The molecule has 3 N–H and O–H groups in total. The van der Waals surface area contributed by atoms with E-state index in [9.17, 15) is 4.79 Å². The maximum atomic E-state index is 11.1. The summed E-state index contributed by atoms with van der Waals surface area (Å²) in [6.45, 7) is 1.60. The van der Waals surface area contributed by atoms with Crippen LogP contribution in [0.4, 0.5) is 11.4 Å². The van der Waals surface area contributed by atoms with Crippen molar-refractivity contribution in [2.24, 2.45) is 0 Å². The number of carbonyl (C=O) groups is 1. The van der Waals surface area contributed by atoms with E-state index in [2.05, 4.69) is 5.32 Å². The van der Waals surface area contributed by atoms with Crippen molar-refractivity contribution < 1.29 is 4.79 Å². The van der Waals surface area contributed by atoms with E-state index >= 15 is 0 Å². The van der Waals surface area contributed by atoms with Crippen molar-refractivity contribution >= 4 is 17.2 Å². The molecule has 0 bridgehead atoms. The maximum absolute atomic E-state index is 11.1. The summed E-state index contributed by atoms with van der Waals surface area (Å²) in [6.07, 6.45) is 0.783. The Bertz CT molecular complexity index is 360. The zero-order valence-corrected chi connectivity index (χ0v) is 7.50. The van der Waals surface area contributed by atoms with Gasteiger partial charge in [0.1, 0.15) is 0 Å². The summed E-state index contributed by atoms with van der Waals surface area (Å²) in [7, 11) is 0. The van der Waals surface area contributed by atoms with Gasteiger partial charge in [0, 0.05) is 17.8 Å². The Morgan fingerprint density at radius 3 is 3.08 bits per heavy atom. The molecule has 0 aromatic heterocycles. The first-order valence-electron chi connectivity index (χ1n) is 4.32. The van der Waals surface area contributed by atoms with Crippen molar-refractivity contribution in [1.82, 2.24) is 0 Å². The van der Waals surface area contributed by atoms with Crippen molar-refractivity contribution in [3.63, 3.8) is 0 Å². The number of hydrogen-bond donors (Lipinski definition) is 2. The highest BCUT2D eigenvalue weighted by molar-refractivity contribution is 5.87. The maximum Gasteiger partial charge on any atom is 0.152 e. The lowest BCUT2D eigenvalue weighted by atomic mass is 10.1. The summed E-state index contributed by atoms with van der Waals surface area (Å²) in [5.41, 5.74) is 8.53. The Morgan fingerprint density at radius 1 is 1.62 bits per heavy atom. The van der Waals surface area contributed by atoms with Gasteiger partial charge in [0.2, 0.25) is 0 Å². The largest absolute Gasteiger partial charge is 0.399 e. The molecule has 3 heteroatoms. The van der Waals surface area contributed by atoms with Crippen LogP contribution in [0.1, 0.15) is 12.5 Å². The highest BCUT2D eigenvalue weighted by atomic mass is 16.1. The molecule has 0 spiro atoms. The van der Waals surface area contributed by atoms with Crippen LogP contribution in [0, 0.1) is 0 Å². The first-order chi connectivity index (χ1) is 6.16. The molecule has 1 aliphatic heterocycles.